The highest BCUT2D eigenvalue weighted by atomic mass is 35.5. The molecule has 1 aromatic rings. The van der Waals surface area contributed by atoms with Crippen LogP contribution < -0.4 is 0 Å². The van der Waals surface area contributed by atoms with E-state index in [9.17, 15) is 9.59 Å². The molecule has 19 heavy (non-hydrogen) atoms. The summed E-state index contributed by atoms with van der Waals surface area (Å²) in [6, 6.07) is 5.14. The Morgan fingerprint density at radius 2 is 1.58 bits per heavy atom. The quantitative estimate of drug-likeness (QED) is 0.784. The maximum absolute atomic E-state index is 11.8. The number of carbonyl (C=O) groups excluding carboxylic acids is 2. The van der Waals surface area contributed by atoms with Gasteiger partial charge in [-0.3, -0.25) is 14.5 Å². The summed E-state index contributed by atoms with van der Waals surface area (Å²) in [6.45, 7) is 4.18. The van der Waals surface area contributed by atoms with Crippen LogP contribution in [-0.4, -0.2) is 16.7 Å². The number of piperidine rings is 1. The summed E-state index contributed by atoms with van der Waals surface area (Å²) in [5.41, 5.74) is 0.638. The second-order valence-corrected chi connectivity index (χ2v) is 5.23. The number of hydrogen-bond acceptors (Lipinski definition) is 2. The van der Waals surface area contributed by atoms with Gasteiger partial charge in [0.15, 0.2) is 0 Å². The predicted molar refractivity (Wildman–Crippen MR) is 75.0 cm³/mol. The van der Waals surface area contributed by atoms with Gasteiger partial charge in [-0.25, -0.2) is 0 Å². The molecule has 1 aliphatic heterocycles. The van der Waals surface area contributed by atoms with Gasteiger partial charge in [-0.15, -0.1) is 0 Å². The van der Waals surface area contributed by atoms with Gasteiger partial charge in [0, 0.05) is 15.6 Å². The van der Waals surface area contributed by atoms with Crippen LogP contribution in [0, 0.1) is 11.8 Å². The highest BCUT2D eigenvalue weighted by molar-refractivity contribution is 6.36. The SMILES string of the molecule is CC.O=C1C2CC2C(=O)N1Cc1c(Cl)cccc1Cl. The van der Waals surface area contributed by atoms with E-state index in [2.05, 4.69) is 0 Å². The van der Waals surface area contributed by atoms with Gasteiger partial charge < -0.3 is 0 Å². The molecule has 3 nitrogen and oxygen atoms in total. The molecule has 3 rings (SSSR count). The van der Waals surface area contributed by atoms with Crippen LogP contribution in [0.25, 0.3) is 0 Å². The van der Waals surface area contributed by atoms with Crippen molar-refractivity contribution < 1.29 is 9.59 Å². The molecule has 2 amide bonds. The number of imide groups is 1. The van der Waals surface area contributed by atoms with Gasteiger partial charge in [0.2, 0.25) is 11.8 Å². The Labute approximate surface area is 122 Å². The van der Waals surface area contributed by atoms with Gasteiger partial charge in [0.1, 0.15) is 0 Å². The van der Waals surface area contributed by atoms with E-state index >= 15 is 0 Å². The maximum Gasteiger partial charge on any atom is 0.233 e. The van der Waals surface area contributed by atoms with E-state index in [1.165, 1.54) is 4.90 Å². The standard InChI is InChI=1S/C12H9Cl2NO2.C2H6/c13-9-2-1-3-10(14)8(9)5-15-11(16)6-4-7(6)12(15)17;1-2/h1-3,6-7H,4-5H2;1-2H3. The molecule has 0 N–H and O–H groups in total. The Hall–Kier alpha value is -1.06. The summed E-state index contributed by atoms with van der Waals surface area (Å²) in [7, 11) is 0. The zero-order chi connectivity index (χ0) is 14.2. The van der Waals surface area contributed by atoms with Crippen molar-refractivity contribution in [3.05, 3.63) is 33.8 Å². The van der Waals surface area contributed by atoms with Crippen LogP contribution in [0.4, 0.5) is 0 Å². The first-order valence-electron chi connectivity index (χ1n) is 6.37. The topological polar surface area (TPSA) is 37.4 Å². The zero-order valence-electron chi connectivity index (χ0n) is 10.8. The molecule has 1 aliphatic carbocycles. The number of rotatable bonds is 2. The summed E-state index contributed by atoms with van der Waals surface area (Å²) >= 11 is 12.0. The van der Waals surface area contributed by atoms with Gasteiger partial charge in [0.25, 0.3) is 0 Å². The molecular weight excluding hydrogens is 285 g/mol. The van der Waals surface area contributed by atoms with Crippen LogP contribution in [0.15, 0.2) is 18.2 Å². The van der Waals surface area contributed by atoms with Crippen LogP contribution in [0.1, 0.15) is 25.8 Å². The summed E-state index contributed by atoms with van der Waals surface area (Å²) in [4.78, 5) is 24.9. The smallest absolute Gasteiger partial charge is 0.233 e. The second kappa shape index (κ2) is 5.51. The number of hydrogen-bond donors (Lipinski definition) is 0. The minimum Gasteiger partial charge on any atom is -0.278 e. The van der Waals surface area contributed by atoms with Crippen molar-refractivity contribution in [3.8, 4) is 0 Å². The van der Waals surface area contributed by atoms with Crippen LogP contribution in [0.3, 0.4) is 0 Å². The Kier molecular flexibility index (Phi) is 4.16. The lowest BCUT2D eigenvalue weighted by atomic mass is 10.2. The number of amides is 2. The Morgan fingerprint density at radius 1 is 1.11 bits per heavy atom. The van der Waals surface area contributed by atoms with E-state index in [4.69, 9.17) is 23.2 Å². The first-order valence-corrected chi connectivity index (χ1v) is 7.13. The maximum atomic E-state index is 11.8. The molecule has 0 radical (unpaired) electrons. The minimum atomic E-state index is -0.0870. The molecule has 0 bridgehead atoms. The van der Waals surface area contributed by atoms with Crippen LogP contribution in [-0.2, 0) is 16.1 Å². The lowest BCUT2D eigenvalue weighted by molar-refractivity contribution is -0.142. The van der Waals surface area contributed by atoms with Crippen molar-refractivity contribution in [2.24, 2.45) is 11.8 Å². The Bertz CT molecular complexity index is 490. The number of fused-ring (bicyclic) bond motifs is 1. The lowest BCUT2D eigenvalue weighted by Crippen LogP contribution is -2.32. The number of carbonyl (C=O) groups is 2. The molecule has 1 saturated heterocycles. The number of benzene rings is 1. The van der Waals surface area contributed by atoms with E-state index in [1.807, 2.05) is 13.8 Å². The monoisotopic (exact) mass is 299 g/mol. The Morgan fingerprint density at radius 3 is 2.05 bits per heavy atom. The van der Waals surface area contributed by atoms with Crippen molar-refractivity contribution in [2.45, 2.75) is 26.8 Å². The molecule has 2 fully saturated rings. The van der Waals surface area contributed by atoms with Crippen LogP contribution in [0.2, 0.25) is 10.0 Å². The van der Waals surface area contributed by atoms with Crippen molar-refractivity contribution in [3.63, 3.8) is 0 Å². The average molecular weight is 300 g/mol. The summed E-state index contributed by atoms with van der Waals surface area (Å²) in [5, 5.41) is 0.970. The predicted octanol–water partition coefficient (Wildman–Crippen LogP) is 3.52. The van der Waals surface area contributed by atoms with Gasteiger partial charge in [0.05, 0.1) is 18.4 Å². The van der Waals surface area contributed by atoms with Gasteiger partial charge in [-0.05, 0) is 18.6 Å². The summed E-state index contributed by atoms with van der Waals surface area (Å²) in [6.07, 6.45) is 0.713. The summed E-state index contributed by atoms with van der Waals surface area (Å²) in [5.74, 6) is -0.334. The normalized spacial score (nSPS) is 23.9. The van der Waals surface area contributed by atoms with Gasteiger partial charge in [-0.2, -0.15) is 0 Å². The zero-order valence-corrected chi connectivity index (χ0v) is 12.3. The molecule has 1 saturated carbocycles. The van der Waals surface area contributed by atoms with E-state index in [1.54, 1.807) is 18.2 Å². The third-order valence-electron chi connectivity index (χ3n) is 3.33. The van der Waals surface area contributed by atoms with Crippen molar-refractivity contribution in [1.29, 1.82) is 0 Å². The van der Waals surface area contributed by atoms with Gasteiger partial charge >= 0.3 is 0 Å². The second-order valence-electron chi connectivity index (χ2n) is 4.41. The molecule has 2 unspecified atom stereocenters. The van der Waals surface area contributed by atoms with Crippen LogP contribution >= 0.6 is 23.2 Å². The molecule has 5 heteroatoms. The molecule has 1 heterocycles. The first-order chi connectivity index (χ1) is 9.09. The fourth-order valence-electron chi connectivity index (χ4n) is 2.25. The number of halogens is 2. The largest absolute Gasteiger partial charge is 0.278 e. The van der Waals surface area contributed by atoms with E-state index in [0.717, 1.165) is 0 Å². The molecule has 0 spiro atoms. The molecule has 102 valence electrons. The van der Waals surface area contributed by atoms with Crippen LogP contribution in [0.5, 0.6) is 0 Å². The van der Waals surface area contributed by atoms with E-state index < -0.39 is 0 Å². The molecule has 2 atom stereocenters. The molecule has 2 aliphatic rings. The number of likely N-dealkylation sites (tertiary alicyclic amines) is 1. The highest BCUT2D eigenvalue weighted by Gasteiger charge is 2.58. The van der Waals surface area contributed by atoms with Gasteiger partial charge in [-0.1, -0.05) is 43.1 Å². The molecular formula is C14H15Cl2NO2. The fourth-order valence-corrected chi connectivity index (χ4v) is 2.76. The number of nitrogens with zero attached hydrogens (tertiary/aromatic N) is 1. The third-order valence-corrected chi connectivity index (χ3v) is 4.04. The lowest BCUT2D eigenvalue weighted by Gasteiger charge is -2.17. The highest BCUT2D eigenvalue weighted by Crippen LogP contribution is 2.47. The van der Waals surface area contributed by atoms with Crippen molar-refractivity contribution in [1.82, 2.24) is 4.90 Å². The third kappa shape index (κ3) is 2.49. The molecule has 1 aromatic carbocycles. The fraction of sp³-hybridized carbons (Fsp3) is 0.429. The van der Waals surface area contributed by atoms with Crippen molar-refractivity contribution in [2.75, 3.05) is 0 Å². The van der Waals surface area contributed by atoms with E-state index in [-0.39, 0.29) is 30.2 Å². The van der Waals surface area contributed by atoms with Crippen molar-refractivity contribution >= 4 is 35.0 Å². The van der Waals surface area contributed by atoms with E-state index in [0.29, 0.717) is 22.0 Å². The minimum absolute atomic E-state index is 0.0798. The Balaban J connectivity index is 0.000000637. The summed E-state index contributed by atoms with van der Waals surface area (Å²) < 4.78 is 0. The average Bonchev–Trinajstić information content (AvgIpc) is 3.15. The molecule has 0 aromatic heterocycles. The first kappa shape index (κ1) is 14.4.